The molecule has 2 aromatic carbocycles. The third-order valence-electron chi connectivity index (χ3n) is 5.73. The highest BCUT2D eigenvalue weighted by atomic mass is 19.4. The molecule has 0 bridgehead atoms. The molecule has 0 fully saturated rings. The highest BCUT2D eigenvalue weighted by Gasteiger charge is 2.36. The van der Waals surface area contributed by atoms with Crippen LogP contribution in [0.1, 0.15) is 32.6 Å². The minimum absolute atomic E-state index is 0.0625. The van der Waals surface area contributed by atoms with Gasteiger partial charge in [-0.15, -0.1) is 0 Å². The molecule has 0 unspecified atom stereocenters. The SMILES string of the molecule is Cc1cc(-c2ccc(CNc3ncc(C(F)(F)F)cc3C(=O)NC(F)(F)c3ccccc3)cc2)cnc1N. The summed E-state index contributed by atoms with van der Waals surface area (Å²) in [5.41, 5.74) is 6.56. The molecule has 2 aromatic heterocycles. The number of nitrogen functional groups attached to an aromatic ring is 1. The van der Waals surface area contributed by atoms with Crippen LogP contribution in [-0.4, -0.2) is 15.9 Å². The van der Waals surface area contributed by atoms with Gasteiger partial charge in [-0.1, -0.05) is 54.6 Å². The number of hydrogen-bond acceptors (Lipinski definition) is 5. The van der Waals surface area contributed by atoms with Gasteiger partial charge in [-0.05, 0) is 35.7 Å². The van der Waals surface area contributed by atoms with E-state index in [0.29, 0.717) is 23.6 Å². The van der Waals surface area contributed by atoms with Crippen LogP contribution in [0.25, 0.3) is 11.1 Å². The maximum absolute atomic E-state index is 14.6. The van der Waals surface area contributed by atoms with E-state index < -0.39 is 34.8 Å². The lowest BCUT2D eigenvalue weighted by molar-refractivity contribution is -0.137. The van der Waals surface area contributed by atoms with Gasteiger partial charge in [0.2, 0.25) is 0 Å². The molecule has 0 atom stereocenters. The molecule has 4 aromatic rings. The average molecular weight is 527 g/mol. The van der Waals surface area contributed by atoms with E-state index in [-0.39, 0.29) is 12.4 Å². The molecule has 11 heteroatoms. The van der Waals surface area contributed by atoms with E-state index in [1.54, 1.807) is 18.3 Å². The molecule has 0 saturated heterocycles. The Morgan fingerprint density at radius 1 is 0.868 bits per heavy atom. The van der Waals surface area contributed by atoms with Gasteiger partial charge in [0.1, 0.15) is 11.6 Å². The Labute approximate surface area is 214 Å². The highest BCUT2D eigenvalue weighted by Crippen LogP contribution is 2.32. The first-order chi connectivity index (χ1) is 17.9. The van der Waals surface area contributed by atoms with Crippen molar-refractivity contribution in [1.29, 1.82) is 0 Å². The molecular weight excluding hydrogens is 505 g/mol. The van der Waals surface area contributed by atoms with Crippen molar-refractivity contribution in [3.8, 4) is 11.1 Å². The monoisotopic (exact) mass is 527 g/mol. The fourth-order valence-electron chi connectivity index (χ4n) is 3.61. The number of rotatable bonds is 7. The lowest BCUT2D eigenvalue weighted by Crippen LogP contribution is -2.39. The Morgan fingerprint density at radius 3 is 2.18 bits per heavy atom. The summed E-state index contributed by atoms with van der Waals surface area (Å²) in [6.07, 6.45) is -2.65. The average Bonchev–Trinajstić information content (AvgIpc) is 2.89. The summed E-state index contributed by atoms with van der Waals surface area (Å²) < 4.78 is 69.1. The van der Waals surface area contributed by atoms with E-state index >= 15 is 0 Å². The molecule has 6 nitrogen and oxygen atoms in total. The number of anilines is 2. The zero-order chi connectivity index (χ0) is 27.5. The van der Waals surface area contributed by atoms with Gasteiger partial charge in [0.15, 0.2) is 0 Å². The van der Waals surface area contributed by atoms with Crippen LogP contribution in [0.5, 0.6) is 0 Å². The first kappa shape index (κ1) is 26.5. The predicted octanol–water partition coefficient (Wildman–Crippen LogP) is 6.14. The minimum Gasteiger partial charge on any atom is -0.383 e. The summed E-state index contributed by atoms with van der Waals surface area (Å²) in [5, 5.41) is 4.28. The van der Waals surface area contributed by atoms with Gasteiger partial charge < -0.3 is 11.1 Å². The van der Waals surface area contributed by atoms with Crippen LogP contribution >= 0.6 is 0 Å². The molecule has 0 saturated carbocycles. The summed E-state index contributed by atoms with van der Waals surface area (Å²) >= 11 is 0. The third kappa shape index (κ3) is 6.05. The van der Waals surface area contributed by atoms with Crippen LogP contribution < -0.4 is 16.4 Å². The fourth-order valence-corrected chi connectivity index (χ4v) is 3.61. The Bertz CT molecular complexity index is 1440. The zero-order valence-electron chi connectivity index (χ0n) is 20.0. The van der Waals surface area contributed by atoms with E-state index in [9.17, 15) is 26.7 Å². The van der Waals surface area contributed by atoms with Crippen LogP contribution in [0.3, 0.4) is 0 Å². The van der Waals surface area contributed by atoms with Crippen molar-refractivity contribution in [2.45, 2.75) is 25.7 Å². The number of pyridine rings is 2. The van der Waals surface area contributed by atoms with Gasteiger partial charge >= 0.3 is 12.2 Å². The summed E-state index contributed by atoms with van der Waals surface area (Å²) in [7, 11) is 0. The van der Waals surface area contributed by atoms with Gasteiger partial charge in [0.25, 0.3) is 5.91 Å². The largest absolute Gasteiger partial charge is 0.417 e. The topological polar surface area (TPSA) is 92.9 Å². The van der Waals surface area contributed by atoms with Crippen molar-refractivity contribution in [2.75, 3.05) is 11.1 Å². The van der Waals surface area contributed by atoms with Crippen LogP contribution in [0.4, 0.5) is 33.6 Å². The van der Waals surface area contributed by atoms with Crippen LogP contribution in [0, 0.1) is 6.92 Å². The summed E-state index contributed by atoms with van der Waals surface area (Å²) in [5.74, 6) is -1.26. The van der Waals surface area contributed by atoms with Crippen molar-refractivity contribution in [3.05, 3.63) is 107 Å². The number of aryl methyl sites for hydroxylation is 1. The molecule has 2 heterocycles. The van der Waals surface area contributed by atoms with E-state index in [4.69, 9.17) is 5.73 Å². The number of hydrogen-bond donors (Lipinski definition) is 3. The quantitative estimate of drug-likeness (QED) is 0.198. The molecule has 0 spiro atoms. The van der Waals surface area contributed by atoms with E-state index in [2.05, 4.69) is 15.3 Å². The zero-order valence-corrected chi connectivity index (χ0v) is 20.0. The number of nitrogens with zero attached hydrogens (tertiary/aromatic N) is 2. The highest BCUT2D eigenvalue weighted by molar-refractivity contribution is 5.99. The number of amides is 1. The van der Waals surface area contributed by atoms with Crippen LogP contribution in [0.15, 0.2) is 79.1 Å². The van der Waals surface area contributed by atoms with E-state index in [0.717, 1.165) is 28.8 Å². The second-order valence-electron chi connectivity index (χ2n) is 8.49. The summed E-state index contributed by atoms with van der Waals surface area (Å²) in [6.45, 7) is 1.90. The predicted molar refractivity (Wildman–Crippen MR) is 133 cm³/mol. The molecule has 4 N–H and O–H groups in total. The molecule has 1 amide bonds. The minimum atomic E-state index is -4.83. The van der Waals surface area contributed by atoms with Crippen molar-refractivity contribution in [1.82, 2.24) is 15.3 Å². The first-order valence-electron chi connectivity index (χ1n) is 11.3. The molecule has 0 aliphatic heterocycles. The molecule has 196 valence electrons. The molecule has 0 aliphatic carbocycles. The van der Waals surface area contributed by atoms with E-state index in [1.165, 1.54) is 23.5 Å². The second kappa shape index (κ2) is 10.4. The number of nitrogens with one attached hydrogen (secondary N) is 2. The summed E-state index contributed by atoms with van der Waals surface area (Å²) in [6, 6.07) is 12.1. The first-order valence-corrected chi connectivity index (χ1v) is 11.3. The number of benzene rings is 2. The summed E-state index contributed by atoms with van der Waals surface area (Å²) in [4.78, 5) is 20.6. The van der Waals surface area contributed by atoms with Gasteiger partial charge in [-0.25, -0.2) is 9.97 Å². The molecule has 4 rings (SSSR count). The molecule has 38 heavy (non-hydrogen) atoms. The fraction of sp³-hybridized carbons (Fsp3) is 0.148. The Morgan fingerprint density at radius 2 is 1.55 bits per heavy atom. The van der Waals surface area contributed by atoms with Crippen molar-refractivity contribution < 1.29 is 26.7 Å². The normalized spacial score (nSPS) is 11.7. The number of halogens is 5. The van der Waals surface area contributed by atoms with Gasteiger partial charge in [0.05, 0.1) is 11.1 Å². The Balaban J connectivity index is 1.55. The maximum atomic E-state index is 14.6. The van der Waals surface area contributed by atoms with Crippen LogP contribution in [-0.2, 0) is 18.8 Å². The van der Waals surface area contributed by atoms with Gasteiger partial charge in [0, 0.05) is 30.1 Å². The number of aromatic nitrogens is 2. The number of nitrogens with two attached hydrogens (primary N) is 1. The van der Waals surface area contributed by atoms with Gasteiger partial charge in [-0.3, -0.25) is 10.1 Å². The van der Waals surface area contributed by atoms with Crippen molar-refractivity contribution in [3.63, 3.8) is 0 Å². The smallest absolute Gasteiger partial charge is 0.383 e. The number of carbonyl (C=O) groups is 1. The number of alkyl halides is 5. The third-order valence-corrected chi connectivity index (χ3v) is 5.73. The Hall–Kier alpha value is -4.54. The second-order valence-corrected chi connectivity index (χ2v) is 8.49. The van der Waals surface area contributed by atoms with E-state index in [1.807, 2.05) is 25.1 Å². The van der Waals surface area contributed by atoms with Crippen molar-refractivity contribution in [2.24, 2.45) is 0 Å². The van der Waals surface area contributed by atoms with Crippen molar-refractivity contribution >= 4 is 17.5 Å². The number of carbonyl (C=O) groups excluding carboxylic acids is 1. The Kier molecular flexibility index (Phi) is 7.29. The maximum Gasteiger partial charge on any atom is 0.417 e. The lowest BCUT2D eigenvalue weighted by Gasteiger charge is -2.20. The van der Waals surface area contributed by atoms with Gasteiger partial charge in [-0.2, -0.15) is 22.0 Å². The molecule has 0 radical (unpaired) electrons. The van der Waals surface area contributed by atoms with Crippen LogP contribution in [0.2, 0.25) is 0 Å². The standard InChI is InChI=1S/C27H22F5N5O/c1-16-11-19(14-34-23(16)33)18-9-7-17(8-10-18)13-35-24-22(12-21(15-36-24)26(28,29)30)25(38)37-27(31,32)20-5-3-2-4-6-20/h2-12,14-15H,13H2,1H3,(H2,33,34)(H,35,36)(H,37,38). The lowest BCUT2D eigenvalue weighted by atomic mass is 10.0. The molecular formula is C27H22F5N5O. The molecule has 0 aliphatic rings.